The number of thioether (sulfide) groups is 1. The number of benzene rings is 1. The molecule has 108 valence electrons. The Labute approximate surface area is 129 Å². The van der Waals surface area contributed by atoms with Gasteiger partial charge >= 0.3 is 0 Å². The molecule has 0 atom stereocenters. The van der Waals surface area contributed by atoms with Crippen molar-refractivity contribution in [2.24, 2.45) is 15.9 Å². The average molecular weight is 310 g/mol. The van der Waals surface area contributed by atoms with Crippen molar-refractivity contribution in [3.8, 4) is 0 Å². The molecule has 0 aromatic heterocycles. The standard InChI is InChI=1S/C15H20ClN3S/c16-14-10-6-5-7-12(14)11-20-15(17)19-18-13-8-3-1-2-4-9-13/h5-7,10H,1-4,8-9,11H2,(H2,17,19). The molecule has 1 aromatic rings. The molecule has 5 heteroatoms. The second-order valence-corrected chi connectivity index (χ2v) is 6.30. The third kappa shape index (κ3) is 5.17. The second kappa shape index (κ2) is 8.32. The highest BCUT2D eigenvalue weighted by atomic mass is 35.5. The summed E-state index contributed by atoms with van der Waals surface area (Å²) in [5.41, 5.74) is 8.14. The molecule has 0 amide bonds. The lowest BCUT2D eigenvalue weighted by Crippen LogP contribution is -2.07. The van der Waals surface area contributed by atoms with Gasteiger partial charge in [-0.2, -0.15) is 5.10 Å². The van der Waals surface area contributed by atoms with Crippen molar-refractivity contribution in [3.63, 3.8) is 0 Å². The fourth-order valence-corrected chi connectivity index (χ4v) is 3.09. The Balaban J connectivity index is 1.87. The SMILES string of the molecule is N/C(=N/N=C1CCCCCC1)SCc1ccccc1Cl. The van der Waals surface area contributed by atoms with E-state index in [2.05, 4.69) is 10.2 Å². The van der Waals surface area contributed by atoms with Crippen LogP contribution >= 0.6 is 23.4 Å². The van der Waals surface area contributed by atoms with Crippen molar-refractivity contribution >= 4 is 34.2 Å². The third-order valence-electron chi connectivity index (χ3n) is 3.30. The van der Waals surface area contributed by atoms with Crippen LogP contribution in [-0.4, -0.2) is 10.9 Å². The molecule has 1 saturated carbocycles. The van der Waals surface area contributed by atoms with Gasteiger partial charge in [-0.1, -0.05) is 54.4 Å². The van der Waals surface area contributed by atoms with Crippen LogP contribution in [-0.2, 0) is 5.75 Å². The predicted octanol–water partition coefficient (Wildman–Crippen LogP) is 4.60. The molecule has 1 aliphatic rings. The Morgan fingerprint density at radius 3 is 2.55 bits per heavy atom. The third-order valence-corrected chi connectivity index (χ3v) is 4.51. The number of rotatable bonds is 3. The van der Waals surface area contributed by atoms with E-state index in [-0.39, 0.29) is 0 Å². The van der Waals surface area contributed by atoms with E-state index in [9.17, 15) is 0 Å². The van der Waals surface area contributed by atoms with Gasteiger partial charge < -0.3 is 5.73 Å². The van der Waals surface area contributed by atoms with Gasteiger partial charge in [0.1, 0.15) is 0 Å². The van der Waals surface area contributed by atoms with E-state index in [1.165, 1.54) is 43.2 Å². The molecular weight excluding hydrogens is 290 g/mol. The molecule has 20 heavy (non-hydrogen) atoms. The van der Waals surface area contributed by atoms with Gasteiger partial charge in [0.05, 0.1) is 0 Å². The maximum Gasteiger partial charge on any atom is 0.180 e. The molecule has 0 heterocycles. The second-order valence-electron chi connectivity index (χ2n) is 4.90. The largest absolute Gasteiger partial charge is 0.377 e. The first-order valence-corrected chi connectivity index (χ1v) is 8.37. The van der Waals surface area contributed by atoms with Crippen LogP contribution in [0.1, 0.15) is 44.1 Å². The molecule has 1 aliphatic carbocycles. The zero-order valence-electron chi connectivity index (χ0n) is 11.5. The molecule has 0 bridgehead atoms. The molecule has 2 rings (SSSR count). The summed E-state index contributed by atoms with van der Waals surface area (Å²) in [5, 5.41) is 9.71. The fraction of sp³-hybridized carbons (Fsp3) is 0.467. The van der Waals surface area contributed by atoms with Crippen molar-refractivity contribution in [2.45, 2.75) is 44.3 Å². The van der Waals surface area contributed by atoms with E-state index in [0.717, 1.165) is 29.2 Å². The minimum Gasteiger partial charge on any atom is -0.377 e. The summed E-state index contributed by atoms with van der Waals surface area (Å²) in [6, 6.07) is 7.78. The first-order valence-electron chi connectivity index (χ1n) is 7.01. The smallest absolute Gasteiger partial charge is 0.180 e. The van der Waals surface area contributed by atoms with Gasteiger partial charge in [-0.3, -0.25) is 0 Å². The van der Waals surface area contributed by atoms with E-state index in [0.29, 0.717) is 5.17 Å². The highest BCUT2D eigenvalue weighted by Crippen LogP contribution is 2.21. The Kier molecular flexibility index (Phi) is 6.40. The number of hydrogen-bond donors (Lipinski definition) is 1. The Bertz CT molecular complexity index is 490. The van der Waals surface area contributed by atoms with Gasteiger partial charge in [-0.15, -0.1) is 5.10 Å². The highest BCUT2D eigenvalue weighted by molar-refractivity contribution is 8.13. The van der Waals surface area contributed by atoms with Crippen LogP contribution in [0.25, 0.3) is 0 Å². The van der Waals surface area contributed by atoms with Gasteiger partial charge in [0, 0.05) is 16.5 Å². The van der Waals surface area contributed by atoms with E-state index in [4.69, 9.17) is 17.3 Å². The molecule has 2 N–H and O–H groups in total. The molecular formula is C15H20ClN3S. The quantitative estimate of drug-likeness (QED) is 0.384. The van der Waals surface area contributed by atoms with Crippen molar-refractivity contribution in [2.75, 3.05) is 0 Å². The Morgan fingerprint density at radius 2 is 1.85 bits per heavy atom. The Hall–Kier alpha value is -1.00. The van der Waals surface area contributed by atoms with Crippen LogP contribution in [0.5, 0.6) is 0 Å². The first kappa shape index (κ1) is 15.4. The molecule has 0 spiro atoms. The van der Waals surface area contributed by atoms with Crippen LogP contribution in [0.2, 0.25) is 5.02 Å². The first-order chi connectivity index (χ1) is 9.75. The van der Waals surface area contributed by atoms with Crippen LogP contribution in [0.15, 0.2) is 34.5 Å². The summed E-state index contributed by atoms with van der Waals surface area (Å²) in [4.78, 5) is 0. The molecule has 0 saturated heterocycles. The lowest BCUT2D eigenvalue weighted by Gasteiger charge is -2.03. The summed E-state index contributed by atoms with van der Waals surface area (Å²) in [5.74, 6) is 0.722. The van der Waals surface area contributed by atoms with Crippen LogP contribution in [0.4, 0.5) is 0 Å². The topological polar surface area (TPSA) is 50.7 Å². The van der Waals surface area contributed by atoms with Crippen molar-refractivity contribution in [1.82, 2.24) is 0 Å². The van der Waals surface area contributed by atoms with E-state index < -0.39 is 0 Å². The maximum absolute atomic E-state index is 6.10. The lowest BCUT2D eigenvalue weighted by molar-refractivity contribution is 0.702. The van der Waals surface area contributed by atoms with Gasteiger partial charge in [0.2, 0.25) is 0 Å². The molecule has 3 nitrogen and oxygen atoms in total. The number of halogens is 1. The van der Waals surface area contributed by atoms with E-state index in [1.807, 2.05) is 24.3 Å². The van der Waals surface area contributed by atoms with Crippen molar-refractivity contribution in [1.29, 1.82) is 0 Å². The molecule has 0 aliphatic heterocycles. The highest BCUT2D eigenvalue weighted by Gasteiger charge is 2.05. The zero-order valence-corrected chi connectivity index (χ0v) is 13.1. The number of nitrogens with two attached hydrogens (primary N) is 1. The van der Waals surface area contributed by atoms with Crippen LogP contribution < -0.4 is 5.73 Å². The fourth-order valence-electron chi connectivity index (χ4n) is 2.15. The summed E-state index contributed by atoms with van der Waals surface area (Å²) in [6.07, 6.45) is 7.18. The maximum atomic E-state index is 6.10. The number of amidine groups is 1. The predicted molar refractivity (Wildman–Crippen MR) is 89.5 cm³/mol. The van der Waals surface area contributed by atoms with Crippen molar-refractivity contribution in [3.05, 3.63) is 34.9 Å². The van der Waals surface area contributed by atoms with Gasteiger partial charge in [-0.05, 0) is 37.3 Å². The normalized spacial score (nSPS) is 16.9. The zero-order chi connectivity index (χ0) is 14.2. The van der Waals surface area contributed by atoms with Gasteiger partial charge in [-0.25, -0.2) is 0 Å². The number of nitrogens with zero attached hydrogens (tertiary/aromatic N) is 2. The summed E-state index contributed by atoms with van der Waals surface area (Å²) < 4.78 is 0. The van der Waals surface area contributed by atoms with Crippen LogP contribution in [0.3, 0.4) is 0 Å². The average Bonchev–Trinajstić information content (AvgIpc) is 2.73. The number of hydrogen-bond acceptors (Lipinski definition) is 3. The van der Waals surface area contributed by atoms with E-state index in [1.54, 1.807) is 0 Å². The minimum atomic E-state index is 0.502. The molecule has 1 fully saturated rings. The van der Waals surface area contributed by atoms with Gasteiger partial charge in [0.15, 0.2) is 5.17 Å². The summed E-state index contributed by atoms with van der Waals surface area (Å²) in [7, 11) is 0. The minimum absolute atomic E-state index is 0.502. The lowest BCUT2D eigenvalue weighted by atomic mass is 10.2. The molecule has 1 aromatic carbocycles. The van der Waals surface area contributed by atoms with Crippen LogP contribution in [0, 0.1) is 0 Å². The monoisotopic (exact) mass is 309 g/mol. The summed E-state index contributed by atoms with van der Waals surface area (Å²) in [6.45, 7) is 0. The molecule has 0 unspecified atom stereocenters. The van der Waals surface area contributed by atoms with E-state index >= 15 is 0 Å². The summed E-state index contributed by atoms with van der Waals surface area (Å²) >= 11 is 7.58. The molecule has 0 radical (unpaired) electrons. The van der Waals surface area contributed by atoms with Crippen molar-refractivity contribution < 1.29 is 0 Å². The van der Waals surface area contributed by atoms with Gasteiger partial charge in [0.25, 0.3) is 0 Å². The Morgan fingerprint density at radius 1 is 1.15 bits per heavy atom.